The molecule has 0 aliphatic rings. The van der Waals surface area contributed by atoms with Crippen LogP contribution >= 0.6 is 22.6 Å². The minimum Gasteiger partial charge on any atom is -0.461 e. The van der Waals surface area contributed by atoms with Gasteiger partial charge in [-0.05, 0) is 29.5 Å². The topological polar surface area (TPSA) is 74.4 Å². The van der Waals surface area contributed by atoms with Crippen LogP contribution in [-0.2, 0) is 11.3 Å². The molecule has 1 aromatic heterocycles. The highest BCUT2D eigenvalue weighted by atomic mass is 127. The Kier molecular flexibility index (Phi) is 5.35. The van der Waals surface area contributed by atoms with E-state index in [1.165, 1.54) is 0 Å². The Morgan fingerprint density at radius 3 is 2.63 bits per heavy atom. The van der Waals surface area contributed by atoms with Crippen LogP contribution in [0, 0.1) is 3.70 Å². The molecule has 0 bridgehead atoms. The van der Waals surface area contributed by atoms with Gasteiger partial charge in [0.05, 0.1) is 6.61 Å². The number of aromatic nitrogens is 1. The van der Waals surface area contributed by atoms with Crippen molar-refractivity contribution in [3.63, 3.8) is 0 Å². The number of rotatable bonds is 4. The zero-order valence-corrected chi connectivity index (χ0v) is 11.9. The summed E-state index contributed by atoms with van der Waals surface area (Å²) in [7, 11) is 0. The number of ether oxygens (including phenoxy) is 2. The molecule has 2 N–H and O–H groups in total. The molecule has 0 aliphatic heterocycles. The number of nitrogens with two attached hydrogens (primary N) is 1. The first-order valence-corrected chi connectivity index (χ1v) is 6.18. The first-order chi connectivity index (χ1) is 8.78. The lowest BCUT2D eigenvalue weighted by Crippen LogP contribution is -2.20. The molecule has 0 saturated carbocycles. The fraction of sp³-hybridized carbons (Fsp3) is 0.400. The monoisotopic (exact) mass is 390 g/mol. The van der Waals surface area contributed by atoms with Crippen LogP contribution in [-0.4, -0.2) is 23.9 Å². The van der Waals surface area contributed by atoms with Crippen molar-refractivity contribution >= 4 is 28.6 Å². The van der Waals surface area contributed by atoms with Crippen LogP contribution in [0.15, 0.2) is 6.07 Å². The molecule has 106 valence electrons. The highest BCUT2D eigenvalue weighted by molar-refractivity contribution is 14.1. The predicted molar refractivity (Wildman–Crippen MR) is 67.5 cm³/mol. The highest BCUT2D eigenvalue weighted by Gasteiger charge is 2.33. The summed E-state index contributed by atoms with van der Waals surface area (Å²) in [5.41, 5.74) is 5.16. The maximum Gasteiger partial charge on any atom is 0.573 e. The summed E-state index contributed by atoms with van der Waals surface area (Å²) in [6.07, 6.45) is -4.87. The summed E-state index contributed by atoms with van der Waals surface area (Å²) in [5, 5.41) is 0. The van der Waals surface area contributed by atoms with Gasteiger partial charge in [-0.3, -0.25) is 0 Å². The van der Waals surface area contributed by atoms with Gasteiger partial charge in [-0.2, -0.15) is 0 Å². The van der Waals surface area contributed by atoms with Crippen LogP contribution in [0.5, 0.6) is 5.75 Å². The number of hydrogen-bond acceptors (Lipinski definition) is 5. The molecule has 0 aromatic carbocycles. The van der Waals surface area contributed by atoms with Gasteiger partial charge < -0.3 is 15.2 Å². The molecule has 5 nitrogen and oxygen atoms in total. The third-order valence-electron chi connectivity index (χ3n) is 1.95. The first-order valence-electron chi connectivity index (χ1n) is 5.10. The minimum absolute atomic E-state index is 0.0750. The van der Waals surface area contributed by atoms with Crippen molar-refractivity contribution in [2.45, 2.75) is 19.8 Å². The molecular weight excluding hydrogens is 380 g/mol. The second-order valence-corrected chi connectivity index (χ2v) is 4.27. The molecule has 19 heavy (non-hydrogen) atoms. The molecule has 0 amide bonds. The molecular formula is C10H10F3IN2O3. The Hall–Kier alpha value is -1.10. The Morgan fingerprint density at radius 1 is 1.53 bits per heavy atom. The molecule has 0 saturated heterocycles. The zero-order valence-electron chi connectivity index (χ0n) is 9.75. The highest BCUT2D eigenvalue weighted by Crippen LogP contribution is 2.29. The maximum atomic E-state index is 12.3. The average molecular weight is 390 g/mol. The summed E-state index contributed by atoms with van der Waals surface area (Å²) < 4.78 is 45.5. The van der Waals surface area contributed by atoms with E-state index in [1.54, 1.807) is 29.5 Å². The third-order valence-corrected chi connectivity index (χ3v) is 2.84. The Bertz CT molecular complexity index is 480. The number of alkyl halides is 3. The van der Waals surface area contributed by atoms with Crippen molar-refractivity contribution in [3.05, 3.63) is 21.0 Å². The lowest BCUT2D eigenvalue weighted by atomic mass is 10.2. The zero-order chi connectivity index (χ0) is 14.6. The van der Waals surface area contributed by atoms with E-state index in [0.29, 0.717) is 0 Å². The second-order valence-electron chi connectivity index (χ2n) is 3.25. The SMILES string of the molecule is CCOC(=O)c1cc(OC(F)(F)F)c(CN)c(I)n1. The van der Waals surface area contributed by atoms with Gasteiger partial charge in [-0.1, -0.05) is 0 Å². The molecule has 0 radical (unpaired) electrons. The van der Waals surface area contributed by atoms with Gasteiger partial charge >= 0.3 is 12.3 Å². The summed E-state index contributed by atoms with van der Waals surface area (Å²) in [5.74, 6) is -1.37. The smallest absolute Gasteiger partial charge is 0.461 e. The molecule has 9 heteroatoms. The first kappa shape index (κ1) is 16.0. The summed E-state index contributed by atoms with van der Waals surface area (Å²) >= 11 is 1.68. The molecule has 1 heterocycles. The molecule has 0 spiro atoms. The average Bonchev–Trinajstić information content (AvgIpc) is 2.26. The largest absolute Gasteiger partial charge is 0.573 e. The number of nitrogens with zero attached hydrogens (tertiary/aromatic N) is 1. The Labute approximate surface area is 120 Å². The van der Waals surface area contributed by atoms with Crippen molar-refractivity contribution in [2.75, 3.05) is 6.61 Å². The van der Waals surface area contributed by atoms with E-state index in [1.807, 2.05) is 0 Å². The van der Waals surface area contributed by atoms with Gasteiger partial charge in [0.15, 0.2) is 5.69 Å². The molecule has 0 fully saturated rings. The van der Waals surface area contributed by atoms with Crippen molar-refractivity contribution in [1.82, 2.24) is 4.98 Å². The molecule has 0 unspecified atom stereocenters. The number of carbonyl (C=O) groups is 1. The van der Waals surface area contributed by atoms with E-state index in [2.05, 4.69) is 14.5 Å². The number of esters is 1. The summed E-state index contributed by atoms with van der Waals surface area (Å²) in [6, 6.07) is 0.871. The minimum atomic E-state index is -4.87. The van der Waals surface area contributed by atoms with E-state index >= 15 is 0 Å². The van der Waals surface area contributed by atoms with Gasteiger partial charge in [-0.25, -0.2) is 9.78 Å². The van der Waals surface area contributed by atoms with E-state index < -0.39 is 18.1 Å². The third kappa shape index (κ3) is 4.49. The van der Waals surface area contributed by atoms with Crippen LogP contribution in [0.25, 0.3) is 0 Å². The van der Waals surface area contributed by atoms with E-state index in [4.69, 9.17) is 5.73 Å². The molecule has 0 aliphatic carbocycles. The quantitative estimate of drug-likeness (QED) is 0.485. The normalized spacial score (nSPS) is 11.3. The maximum absolute atomic E-state index is 12.3. The summed E-state index contributed by atoms with van der Waals surface area (Å²) in [6.45, 7) is 1.47. The molecule has 1 rings (SSSR count). The van der Waals surface area contributed by atoms with Crippen LogP contribution < -0.4 is 10.5 Å². The van der Waals surface area contributed by atoms with Crippen LogP contribution in [0.3, 0.4) is 0 Å². The predicted octanol–water partition coefficient (Wildman–Crippen LogP) is 2.22. The lowest BCUT2D eigenvalue weighted by molar-refractivity contribution is -0.275. The lowest BCUT2D eigenvalue weighted by Gasteiger charge is -2.14. The van der Waals surface area contributed by atoms with Crippen molar-refractivity contribution in [3.8, 4) is 5.75 Å². The Morgan fingerprint density at radius 2 is 2.16 bits per heavy atom. The van der Waals surface area contributed by atoms with Gasteiger partial charge in [0, 0.05) is 18.2 Å². The van der Waals surface area contributed by atoms with Gasteiger partial charge in [0.2, 0.25) is 0 Å². The van der Waals surface area contributed by atoms with Crippen LogP contribution in [0.1, 0.15) is 23.0 Å². The van der Waals surface area contributed by atoms with E-state index in [-0.39, 0.29) is 28.1 Å². The fourth-order valence-electron chi connectivity index (χ4n) is 1.23. The van der Waals surface area contributed by atoms with Crippen molar-refractivity contribution < 1.29 is 27.4 Å². The number of carbonyl (C=O) groups excluding carboxylic acids is 1. The Balaban J connectivity index is 3.22. The standard InChI is InChI=1S/C10H10F3IN2O3/c1-2-18-9(17)6-3-7(19-10(11,12)13)5(4-15)8(14)16-6/h3H,2,4,15H2,1H3. The van der Waals surface area contributed by atoms with Crippen molar-refractivity contribution in [2.24, 2.45) is 5.73 Å². The van der Waals surface area contributed by atoms with Gasteiger partial charge in [0.25, 0.3) is 0 Å². The van der Waals surface area contributed by atoms with E-state index in [9.17, 15) is 18.0 Å². The van der Waals surface area contributed by atoms with Crippen LogP contribution in [0.2, 0.25) is 0 Å². The molecule has 1 aromatic rings. The van der Waals surface area contributed by atoms with Crippen LogP contribution in [0.4, 0.5) is 13.2 Å². The van der Waals surface area contributed by atoms with Gasteiger partial charge in [0.1, 0.15) is 9.45 Å². The number of hydrogen-bond donors (Lipinski definition) is 1. The molecule has 0 atom stereocenters. The van der Waals surface area contributed by atoms with Gasteiger partial charge in [-0.15, -0.1) is 13.2 Å². The second kappa shape index (κ2) is 6.37. The number of pyridine rings is 1. The van der Waals surface area contributed by atoms with Crippen molar-refractivity contribution in [1.29, 1.82) is 0 Å². The van der Waals surface area contributed by atoms with E-state index in [0.717, 1.165) is 6.07 Å². The number of halogens is 4. The summed E-state index contributed by atoms with van der Waals surface area (Å²) in [4.78, 5) is 15.3. The fourth-order valence-corrected chi connectivity index (χ4v) is 1.97.